The predicted molar refractivity (Wildman–Crippen MR) is 104 cm³/mol. The molecule has 0 atom stereocenters. The van der Waals surface area contributed by atoms with Crippen molar-refractivity contribution < 1.29 is 24.5 Å². The van der Waals surface area contributed by atoms with Crippen molar-refractivity contribution in [2.45, 2.75) is 12.8 Å². The molecule has 4 rings (SSSR count). The first-order valence-electron chi connectivity index (χ1n) is 9.19. The van der Waals surface area contributed by atoms with Crippen LogP contribution < -0.4 is 10.2 Å². The highest BCUT2D eigenvalue weighted by Gasteiger charge is 2.15. The minimum atomic E-state index is -0.412. The molecule has 0 spiro atoms. The van der Waals surface area contributed by atoms with Crippen molar-refractivity contribution in [1.29, 1.82) is 0 Å². The van der Waals surface area contributed by atoms with Crippen LogP contribution in [0.5, 0.6) is 23.0 Å². The van der Waals surface area contributed by atoms with Crippen LogP contribution in [0, 0.1) is 0 Å². The number of aromatic hydroxyl groups is 3. The average molecular weight is 383 g/mol. The van der Waals surface area contributed by atoms with E-state index in [1.54, 1.807) is 6.07 Å². The lowest BCUT2D eigenvalue weighted by molar-refractivity contribution is 0.237. The van der Waals surface area contributed by atoms with Crippen molar-refractivity contribution in [3.63, 3.8) is 0 Å². The van der Waals surface area contributed by atoms with Crippen LogP contribution in [-0.2, 0) is 0 Å². The lowest BCUT2D eigenvalue weighted by Gasteiger charge is -2.15. The molecule has 1 fully saturated rings. The number of benzene rings is 2. The maximum absolute atomic E-state index is 12.5. The number of hydrogen-bond acceptors (Lipinski definition) is 7. The summed E-state index contributed by atoms with van der Waals surface area (Å²) in [4.78, 5) is 14.8. The Morgan fingerprint density at radius 2 is 1.75 bits per heavy atom. The van der Waals surface area contributed by atoms with E-state index in [2.05, 4.69) is 4.90 Å². The smallest absolute Gasteiger partial charge is 0.197 e. The van der Waals surface area contributed by atoms with Gasteiger partial charge in [0.05, 0.1) is 0 Å². The third-order valence-electron chi connectivity index (χ3n) is 4.92. The number of fused-ring (bicyclic) bond motifs is 1. The Balaban J connectivity index is 1.64. The molecule has 1 aromatic heterocycles. The number of ether oxygens (including phenoxy) is 1. The van der Waals surface area contributed by atoms with E-state index in [0.29, 0.717) is 17.9 Å². The van der Waals surface area contributed by atoms with Gasteiger partial charge in [-0.1, -0.05) is 0 Å². The third-order valence-corrected chi connectivity index (χ3v) is 4.92. The summed E-state index contributed by atoms with van der Waals surface area (Å²) in [5.41, 5.74) is 0.199. The minimum absolute atomic E-state index is 0.0682. The van der Waals surface area contributed by atoms with Crippen molar-refractivity contribution in [1.82, 2.24) is 4.90 Å². The molecule has 3 N–H and O–H groups in total. The van der Waals surface area contributed by atoms with Gasteiger partial charge in [-0.25, -0.2) is 0 Å². The van der Waals surface area contributed by atoms with Gasteiger partial charge >= 0.3 is 0 Å². The molecule has 2 heterocycles. The SMILES string of the molecule is O=c1cc(-c2ccc(O)c(O)c2)oc2cc(OCCN3CCCC3)cc(O)c12. The fourth-order valence-corrected chi connectivity index (χ4v) is 3.44. The highest BCUT2D eigenvalue weighted by molar-refractivity contribution is 5.86. The quantitative estimate of drug-likeness (QED) is 0.582. The van der Waals surface area contributed by atoms with Gasteiger partial charge in [0, 0.05) is 30.3 Å². The van der Waals surface area contributed by atoms with Crippen LogP contribution in [0.15, 0.2) is 45.6 Å². The third kappa shape index (κ3) is 3.61. The largest absolute Gasteiger partial charge is 0.507 e. The van der Waals surface area contributed by atoms with Crippen LogP contribution in [0.1, 0.15) is 12.8 Å². The molecule has 0 radical (unpaired) electrons. The van der Waals surface area contributed by atoms with Crippen LogP contribution in [0.3, 0.4) is 0 Å². The van der Waals surface area contributed by atoms with Crippen LogP contribution >= 0.6 is 0 Å². The highest BCUT2D eigenvalue weighted by atomic mass is 16.5. The number of hydrogen-bond donors (Lipinski definition) is 3. The van der Waals surface area contributed by atoms with E-state index in [-0.39, 0.29) is 34.0 Å². The van der Waals surface area contributed by atoms with E-state index in [1.807, 2.05) is 0 Å². The van der Waals surface area contributed by atoms with Gasteiger partial charge in [-0.2, -0.15) is 0 Å². The second-order valence-electron chi connectivity index (χ2n) is 6.89. The monoisotopic (exact) mass is 383 g/mol. The van der Waals surface area contributed by atoms with Crippen LogP contribution in [0.2, 0.25) is 0 Å². The summed E-state index contributed by atoms with van der Waals surface area (Å²) in [6, 6.07) is 8.36. The zero-order valence-electron chi connectivity index (χ0n) is 15.2. The zero-order valence-corrected chi connectivity index (χ0v) is 15.2. The van der Waals surface area contributed by atoms with E-state index in [1.165, 1.54) is 43.2 Å². The average Bonchev–Trinajstić information content (AvgIpc) is 3.17. The van der Waals surface area contributed by atoms with Crippen molar-refractivity contribution in [2.75, 3.05) is 26.2 Å². The standard InChI is InChI=1S/C21H21NO6/c23-15-4-3-13(9-16(15)24)19-12-18(26)21-17(25)10-14(11-20(21)28-19)27-8-7-22-5-1-2-6-22/h3-4,9-12,23-25H,1-2,5-8H2. The fraction of sp³-hybridized carbons (Fsp3) is 0.286. The van der Waals surface area contributed by atoms with Crippen LogP contribution in [0.25, 0.3) is 22.3 Å². The first-order chi connectivity index (χ1) is 13.5. The molecule has 1 aliphatic rings. The van der Waals surface area contributed by atoms with E-state index in [0.717, 1.165) is 19.6 Å². The van der Waals surface area contributed by atoms with Crippen molar-refractivity contribution >= 4 is 11.0 Å². The van der Waals surface area contributed by atoms with Crippen LogP contribution in [-0.4, -0.2) is 46.5 Å². The molecule has 7 nitrogen and oxygen atoms in total. The fourth-order valence-electron chi connectivity index (χ4n) is 3.44. The molecule has 3 aromatic rings. The summed E-state index contributed by atoms with van der Waals surface area (Å²) in [7, 11) is 0. The summed E-state index contributed by atoms with van der Waals surface area (Å²) in [6.45, 7) is 3.42. The number of nitrogens with zero attached hydrogens (tertiary/aromatic N) is 1. The molecular weight excluding hydrogens is 362 g/mol. The molecule has 7 heteroatoms. The van der Waals surface area contributed by atoms with Gasteiger partial charge in [0.25, 0.3) is 0 Å². The van der Waals surface area contributed by atoms with Gasteiger partial charge in [-0.15, -0.1) is 0 Å². The molecule has 0 unspecified atom stereocenters. The Morgan fingerprint density at radius 3 is 2.50 bits per heavy atom. The molecule has 2 aromatic carbocycles. The summed E-state index contributed by atoms with van der Waals surface area (Å²) in [5.74, 6) is -0.165. The Hall–Kier alpha value is -3.19. The molecule has 146 valence electrons. The Bertz CT molecular complexity index is 1070. The molecule has 28 heavy (non-hydrogen) atoms. The summed E-state index contributed by atoms with van der Waals surface area (Å²) >= 11 is 0. The molecule has 1 saturated heterocycles. The predicted octanol–water partition coefficient (Wildman–Crippen LogP) is 3.05. The zero-order chi connectivity index (χ0) is 19.7. The van der Waals surface area contributed by atoms with E-state index in [4.69, 9.17) is 9.15 Å². The topological polar surface area (TPSA) is 103 Å². The second kappa shape index (κ2) is 7.44. The highest BCUT2D eigenvalue weighted by Crippen LogP contribution is 2.34. The van der Waals surface area contributed by atoms with Gasteiger partial charge in [0.2, 0.25) is 0 Å². The van der Waals surface area contributed by atoms with Gasteiger partial charge in [0.1, 0.15) is 34.8 Å². The van der Waals surface area contributed by atoms with Gasteiger partial charge in [-0.05, 0) is 44.1 Å². The van der Waals surface area contributed by atoms with Crippen molar-refractivity contribution in [3.05, 3.63) is 46.6 Å². The molecular formula is C21H21NO6. The normalized spacial score (nSPS) is 14.6. The van der Waals surface area contributed by atoms with Gasteiger partial charge < -0.3 is 24.5 Å². The summed E-state index contributed by atoms with van der Waals surface area (Å²) in [6.07, 6.45) is 2.41. The molecule has 0 aliphatic carbocycles. The van der Waals surface area contributed by atoms with Gasteiger partial charge in [0.15, 0.2) is 16.9 Å². The Morgan fingerprint density at radius 1 is 0.964 bits per heavy atom. The maximum atomic E-state index is 12.5. The van der Waals surface area contributed by atoms with E-state index >= 15 is 0 Å². The minimum Gasteiger partial charge on any atom is -0.507 e. The maximum Gasteiger partial charge on any atom is 0.197 e. The van der Waals surface area contributed by atoms with Crippen LogP contribution in [0.4, 0.5) is 0 Å². The number of phenolic OH excluding ortho intramolecular Hbond substituents is 3. The number of rotatable bonds is 5. The van der Waals surface area contributed by atoms with Crippen molar-refractivity contribution in [3.8, 4) is 34.3 Å². The van der Waals surface area contributed by atoms with Crippen molar-refractivity contribution in [2.24, 2.45) is 0 Å². The Labute approximate surface area is 161 Å². The van der Waals surface area contributed by atoms with E-state index < -0.39 is 5.43 Å². The lowest BCUT2D eigenvalue weighted by Crippen LogP contribution is -2.25. The number of phenols is 3. The second-order valence-corrected chi connectivity index (χ2v) is 6.89. The molecule has 0 bridgehead atoms. The molecule has 1 aliphatic heterocycles. The van der Waals surface area contributed by atoms with Gasteiger partial charge in [-0.3, -0.25) is 9.69 Å². The molecule has 0 amide bonds. The number of likely N-dealkylation sites (tertiary alicyclic amines) is 1. The first kappa shape index (κ1) is 18.2. The summed E-state index contributed by atoms with van der Waals surface area (Å²) in [5, 5.41) is 29.5. The van der Waals surface area contributed by atoms with E-state index in [9.17, 15) is 20.1 Å². The lowest BCUT2D eigenvalue weighted by atomic mass is 10.1. The molecule has 0 saturated carbocycles. The first-order valence-corrected chi connectivity index (χ1v) is 9.19. The Kier molecular flexibility index (Phi) is 4.83. The summed E-state index contributed by atoms with van der Waals surface area (Å²) < 4.78 is 11.5.